The Morgan fingerprint density at radius 1 is 1.56 bits per heavy atom. The lowest BCUT2D eigenvalue weighted by Crippen LogP contribution is -2.52. The van der Waals surface area contributed by atoms with Crippen LogP contribution in [-0.4, -0.2) is 79.9 Å². The van der Waals surface area contributed by atoms with Gasteiger partial charge in [0.05, 0.1) is 6.61 Å². The number of methoxy groups -OCH3 is 1. The number of hydrogen-bond donors (Lipinski definition) is 2. The molecular formula is C12H25N3O3. The van der Waals surface area contributed by atoms with E-state index < -0.39 is 6.10 Å². The van der Waals surface area contributed by atoms with Gasteiger partial charge in [-0.05, 0) is 33.0 Å². The van der Waals surface area contributed by atoms with Gasteiger partial charge in [0.1, 0.15) is 6.10 Å². The summed E-state index contributed by atoms with van der Waals surface area (Å²) < 4.78 is 5.09. The zero-order valence-electron chi connectivity index (χ0n) is 11.3. The minimum Gasteiger partial charge on any atom is -0.395 e. The van der Waals surface area contributed by atoms with Crippen molar-refractivity contribution in [2.24, 2.45) is 5.73 Å². The summed E-state index contributed by atoms with van der Waals surface area (Å²) >= 11 is 0. The smallest absolute Gasteiger partial charge is 0.253 e. The molecule has 0 aromatic heterocycles. The number of piperidine rings is 1. The van der Waals surface area contributed by atoms with Gasteiger partial charge in [-0.1, -0.05) is 0 Å². The average molecular weight is 259 g/mol. The number of hydrogen-bond acceptors (Lipinski definition) is 5. The molecule has 1 aliphatic rings. The van der Waals surface area contributed by atoms with Crippen molar-refractivity contribution in [3.63, 3.8) is 0 Å². The van der Waals surface area contributed by atoms with E-state index in [4.69, 9.17) is 15.6 Å². The number of aliphatic hydroxyl groups is 1. The van der Waals surface area contributed by atoms with Crippen LogP contribution in [0.3, 0.4) is 0 Å². The van der Waals surface area contributed by atoms with Crippen LogP contribution in [0.2, 0.25) is 0 Å². The Labute approximate surface area is 109 Å². The van der Waals surface area contributed by atoms with Crippen molar-refractivity contribution in [1.29, 1.82) is 0 Å². The Hall–Kier alpha value is -0.690. The summed E-state index contributed by atoms with van der Waals surface area (Å²) in [6.45, 7) is 2.44. The van der Waals surface area contributed by atoms with Crippen LogP contribution in [0.5, 0.6) is 0 Å². The molecule has 0 saturated carbocycles. The van der Waals surface area contributed by atoms with Crippen LogP contribution in [0.25, 0.3) is 0 Å². The number of carbonyl (C=O) groups is 1. The first-order valence-electron chi connectivity index (χ1n) is 6.46. The highest BCUT2D eigenvalue weighted by atomic mass is 16.5. The van der Waals surface area contributed by atoms with Gasteiger partial charge in [-0.15, -0.1) is 0 Å². The van der Waals surface area contributed by atoms with Crippen molar-refractivity contribution in [2.45, 2.75) is 25.0 Å². The fourth-order valence-corrected chi connectivity index (χ4v) is 2.37. The predicted octanol–water partition coefficient (Wildman–Crippen LogP) is -1.12. The maximum Gasteiger partial charge on any atom is 0.253 e. The molecule has 6 heteroatoms. The first kappa shape index (κ1) is 15.4. The Bertz CT molecular complexity index is 251. The SMILES string of the molecule is COC(CN)C(=O)N(CCO)C1CCN(C)CC1. The van der Waals surface area contributed by atoms with Crippen molar-refractivity contribution in [1.82, 2.24) is 9.80 Å². The zero-order valence-corrected chi connectivity index (χ0v) is 11.3. The lowest BCUT2D eigenvalue weighted by Gasteiger charge is -2.38. The van der Waals surface area contributed by atoms with Crippen molar-refractivity contribution < 1.29 is 14.6 Å². The van der Waals surface area contributed by atoms with E-state index in [2.05, 4.69) is 11.9 Å². The van der Waals surface area contributed by atoms with Gasteiger partial charge in [0.2, 0.25) is 0 Å². The molecule has 18 heavy (non-hydrogen) atoms. The third-order valence-corrected chi connectivity index (χ3v) is 3.53. The maximum atomic E-state index is 12.3. The molecule has 1 aliphatic heterocycles. The molecule has 0 radical (unpaired) electrons. The number of nitrogens with zero attached hydrogens (tertiary/aromatic N) is 2. The van der Waals surface area contributed by atoms with Crippen LogP contribution in [0, 0.1) is 0 Å². The molecule has 3 N–H and O–H groups in total. The fourth-order valence-electron chi connectivity index (χ4n) is 2.37. The lowest BCUT2D eigenvalue weighted by atomic mass is 10.0. The molecular weight excluding hydrogens is 234 g/mol. The van der Waals surface area contributed by atoms with Crippen LogP contribution < -0.4 is 5.73 Å². The number of nitrogens with two attached hydrogens (primary N) is 1. The largest absolute Gasteiger partial charge is 0.395 e. The minimum absolute atomic E-state index is 0.0287. The third-order valence-electron chi connectivity index (χ3n) is 3.53. The Morgan fingerprint density at radius 2 is 2.17 bits per heavy atom. The molecule has 1 heterocycles. The topological polar surface area (TPSA) is 79.0 Å². The van der Waals surface area contributed by atoms with Gasteiger partial charge in [0.15, 0.2) is 0 Å². The van der Waals surface area contributed by atoms with E-state index in [1.807, 2.05) is 0 Å². The zero-order chi connectivity index (χ0) is 13.5. The summed E-state index contributed by atoms with van der Waals surface area (Å²) in [6.07, 6.45) is 1.27. The average Bonchev–Trinajstić information content (AvgIpc) is 2.38. The number of rotatable bonds is 6. The van der Waals surface area contributed by atoms with Crippen LogP contribution in [0.4, 0.5) is 0 Å². The Kier molecular flexibility index (Phi) is 6.56. The van der Waals surface area contributed by atoms with E-state index in [0.717, 1.165) is 25.9 Å². The molecule has 0 aromatic carbocycles. The van der Waals surface area contributed by atoms with Crippen molar-refractivity contribution in [3.8, 4) is 0 Å². The second-order valence-electron chi connectivity index (χ2n) is 4.75. The fraction of sp³-hybridized carbons (Fsp3) is 0.917. The number of aliphatic hydroxyl groups excluding tert-OH is 1. The molecule has 6 nitrogen and oxygen atoms in total. The number of carbonyl (C=O) groups excluding carboxylic acids is 1. The third kappa shape index (κ3) is 3.91. The normalized spacial score (nSPS) is 19.8. The highest BCUT2D eigenvalue weighted by Gasteiger charge is 2.30. The quantitative estimate of drug-likeness (QED) is 0.631. The number of likely N-dealkylation sites (tertiary alicyclic amines) is 1. The van der Waals surface area contributed by atoms with Crippen LogP contribution in [0.15, 0.2) is 0 Å². The van der Waals surface area contributed by atoms with Gasteiger partial charge in [-0.2, -0.15) is 0 Å². The van der Waals surface area contributed by atoms with Crippen molar-refractivity contribution in [2.75, 3.05) is 46.9 Å². The molecule has 0 aliphatic carbocycles. The molecule has 1 rings (SSSR count). The Morgan fingerprint density at radius 3 is 2.61 bits per heavy atom. The van der Waals surface area contributed by atoms with E-state index in [-0.39, 0.29) is 25.1 Å². The van der Waals surface area contributed by atoms with Crippen LogP contribution in [0.1, 0.15) is 12.8 Å². The highest BCUT2D eigenvalue weighted by Crippen LogP contribution is 2.16. The summed E-state index contributed by atoms with van der Waals surface area (Å²) in [6, 6.07) is 0.185. The van der Waals surface area contributed by atoms with Crippen LogP contribution in [-0.2, 0) is 9.53 Å². The Balaban J connectivity index is 2.66. The van der Waals surface area contributed by atoms with E-state index in [1.54, 1.807) is 4.90 Å². The molecule has 0 bridgehead atoms. The minimum atomic E-state index is -0.601. The molecule has 106 valence electrons. The lowest BCUT2D eigenvalue weighted by molar-refractivity contribution is -0.145. The van der Waals surface area contributed by atoms with Crippen LogP contribution >= 0.6 is 0 Å². The summed E-state index contributed by atoms with van der Waals surface area (Å²) in [4.78, 5) is 16.2. The van der Waals surface area contributed by atoms with E-state index in [0.29, 0.717) is 6.54 Å². The molecule has 1 atom stereocenters. The predicted molar refractivity (Wildman–Crippen MR) is 69.2 cm³/mol. The second kappa shape index (κ2) is 7.68. The van der Waals surface area contributed by atoms with Gasteiger partial charge in [-0.3, -0.25) is 4.79 Å². The summed E-state index contributed by atoms with van der Waals surface area (Å²) in [5.74, 6) is -0.108. The van der Waals surface area contributed by atoms with Gasteiger partial charge in [0, 0.05) is 26.2 Å². The van der Waals surface area contributed by atoms with Crippen molar-refractivity contribution in [3.05, 3.63) is 0 Å². The first-order chi connectivity index (χ1) is 8.63. The monoisotopic (exact) mass is 259 g/mol. The maximum absolute atomic E-state index is 12.3. The molecule has 0 aromatic rings. The summed E-state index contributed by atoms with van der Waals surface area (Å²) in [5, 5.41) is 9.12. The standard InChI is InChI=1S/C12H25N3O3/c1-14-5-3-10(4-6-14)15(7-8-16)12(17)11(9-13)18-2/h10-11,16H,3-9,13H2,1-2H3. The van der Waals surface area contributed by atoms with Gasteiger partial charge >= 0.3 is 0 Å². The molecule has 0 spiro atoms. The highest BCUT2D eigenvalue weighted by molar-refractivity contribution is 5.81. The summed E-state index contributed by atoms with van der Waals surface area (Å²) in [7, 11) is 3.56. The summed E-state index contributed by atoms with van der Waals surface area (Å²) in [5.41, 5.74) is 5.53. The molecule has 1 unspecified atom stereocenters. The molecule has 1 amide bonds. The van der Waals surface area contributed by atoms with Gasteiger partial charge in [-0.25, -0.2) is 0 Å². The first-order valence-corrected chi connectivity index (χ1v) is 6.46. The molecule has 1 fully saturated rings. The van der Waals surface area contributed by atoms with Crippen molar-refractivity contribution >= 4 is 5.91 Å². The van der Waals surface area contributed by atoms with Gasteiger partial charge < -0.3 is 25.4 Å². The number of ether oxygens (including phenoxy) is 1. The van der Waals surface area contributed by atoms with E-state index in [1.165, 1.54) is 7.11 Å². The van der Waals surface area contributed by atoms with Gasteiger partial charge in [0.25, 0.3) is 5.91 Å². The van der Waals surface area contributed by atoms with E-state index >= 15 is 0 Å². The number of amides is 1. The second-order valence-corrected chi connectivity index (χ2v) is 4.75. The van der Waals surface area contributed by atoms with E-state index in [9.17, 15) is 4.79 Å². The molecule has 1 saturated heterocycles.